The van der Waals surface area contributed by atoms with Crippen molar-refractivity contribution in [2.45, 2.75) is 0 Å². The van der Waals surface area contributed by atoms with Crippen LogP contribution in [0.3, 0.4) is 0 Å². The maximum absolute atomic E-state index is 13.0. The highest BCUT2D eigenvalue weighted by Gasteiger charge is 2.31. The Hall–Kier alpha value is -3.70. The van der Waals surface area contributed by atoms with Crippen molar-refractivity contribution in [3.63, 3.8) is 0 Å². The fourth-order valence-electron chi connectivity index (χ4n) is 3.57. The first-order valence-electron chi connectivity index (χ1n) is 9.19. The van der Waals surface area contributed by atoms with Gasteiger partial charge in [-0.1, -0.05) is 36.4 Å². The number of hydrogen-bond donors (Lipinski definition) is 5. The number of benzene rings is 3. The average Bonchev–Trinajstić information content (AvgIpc) is 2.76. The van der Waals surface area contributed by atoms with Gasteiger partial charge >= 0.3 is 0 Å². The first-order chi connectivity index (χ1) is 14.8. The van der Waals surface area contributed by atoms with Crippen molar-refractivity contribution in [1.29, 1.82) is 0 Å². The molecule has 156 valence electrons. The number of nitrogens with one attached hydrogen (secondary N) is 2. The van der Waals surface area contributed by atoms with E-state index in [1.807, 2.05) is 0 Å². The zero-order valence-corrected chi connectivity index (χ0v) is 16.0. The third-order valence-corrected chi connectivity index (χ3v) is 5.14. The quantitative estimate of drug-likeness (QED) is 0.188. The van der Waals surface area contributed by atoms with Gasteiger partial charge in [0.15, 0.2) is 22.9 Å². The first-order valence-corrected chi connectivity index (χ1v) is 9.19. The molecule has 3 aromatic rings. The molecule has 3 aromatic carbocycles. The van der Waals surface area contributed by atoms with Crippen LogP contribution in [-0.2, 0) is 0 Å². The van der Waals surface area contributed by atoms with Gasteiger partial charge in [-0.2, -0.15) is 10.5 Å². The van der Waals surface area contributed by atoms with E-state index in [1.54, 1.807) is 30.3 Å². The summed E-state index contributed by atoms with van der Waals surface area (Å²) in [6.45, 7) is 0. The number of nitrogen functional groups attached to an aromatic ring is 1. The van der Waals surface area contributed by atoms with Crippen LogP contribution in [0.25, 0.3) is 12.2 Å². The molecule has 6 N–H and O–H groups in total. The first kappa shape index (κ1) is 20.6. The Morgan fingerprint density at radius 1 is 0.774 bits per heavy atom. The van der Waals surface area contributed by atoms with Crippen LogP contribution >= 0.6 is 0 Å². The Balaban J connectivity index is 1.76. The number of ketones is 2. The number of anilines is 1. The molecule has 0 saturated heterocycles. The zero-order valence-electron chi connectivity index (χ0n) is 16.0. The predicted octanol–water partition coefficient (Wildman–Crippen LogP) is 1.02. The summed E-state index contributed by atoms with van der Waals surface area (Å²) in [6.07, 6.45) is 2.99. The van der Waals surface area contributed by atoms with Gasteiger partial charge in [-0.25, -0.2) is 10.4 Å². The number of carbonyl (C=O) groups is 2. The molecule has 0 aromatic heterocycles. The molecule has 9 heteroatoms. The summed E-state index contributed by atoms with van der Waals surface area (Å²) in [5.41, 5.74) is 7.64. The lowest BCUT2D eigenvalue weighted by Gasteiger charge is -2.20. The average molecular weight is 419 g/mol. The summed E-state index contributed by atoms with van der Waals surface area (Å²) in [5, 5.41) is 38.6. The summed E-state index contributed by atoms with van der Waals surface area (Å²) in [4.78, 5) is 25.7. The van der Waals surface area contributed by atoms with E-state index in [0.717, 1.165) is 6.07 Å². The second-order valence-electron chi connectivity index (χ2n) is 6.94. The molecule has 4 rings (SSSR count). The van der Waals surface area contributed by atoms with Crippen molar-refractivity contribution in [3.05, 3.63) is 98.4 Å². The molecule has 0 fully saturated rings. The summed E-state index contributed by atoms with van der Waals surface area (Å²) in [5.74, 6) is -0.639. The topological polar surface area (TPSA) is 156 Å². The van der Waals surface area contributed by atoms with Crippen molar-refractivity contribution < 1.29 is 30.5 Å². The SMILES string of the molecule is Nc1c(C=Cc2ccc([NH+]([O-])O)cc2[NH+]([O-])O)ccc2c1C(=O)c1ccccc1C2=O. The summed E-state index contributed by atoms with van der Waals surface area (Å²) in [7, 11) is 0. The number of fused-ring (bicyclic) bond motifs is 2. The molecule has 0 saturated carbocycles. The van der Waals surface area contributed by atoms with Crippen LogP contribution in [0.4, 0.5) is 17.1 Å². The molecule has 31 heavy (non-hydrogen) atoms. The molecule has 0 heterocycles. The van der Waals surface area contributed by atoms with Gasteiger partial charge in [-0.3, -0.25) is 9.59 Å². The number of rotatable bonds is 4. The van der Waals surface area contributed by atoms with E-state index < -0.39 is 10.5 Å². The Morgan fingerprint density at radius 3 is 2.03 bits per heavy atom. The van der Waals surface area contributed by atoms with E-state index in [-0.39, 0.29) is 50.9 Å². The third-order valence-electron chi connectivity index (χ3n) is 5.14. The van der Waals surface area contributed by atoms with E-state index in [1.165, 1.54) is 30.4 Å². The minimum Gasteiger partial charge on any atom is -0.595 e. The van der Waals surface area contributed by atoms with Crippen LogP contribution in [0.2, 0.25) is 0 Å². The minimum atomic E-state index is -1.28. The number of quaternary nitrogens is 2. The molecule has 0 bridgehead atoms. The lowest BCUT2D eigenvalue weighted by molar-refractivity contribution is -0.996. The maximum Gasteiger partial charge on any atom is 0.196 e. The minimum absolute atomic E-state index is 0.112. The fourth-order valence-corrected chi connectivity index (χ4v) is 3.57. The van der Waals surface area contributed by atoms with E-state index in [9.17, 15) is 25.2 Å². The second kappa shape index (κ2) is 7.85. The van der Waals surface area contributed by atoms with Crippen LogP contribution in [0.1, 0.15) is 43.0 Å². The molecule has 2 unspecified atom stereocenters. The van der Waals surface area contributed by atoms with Crippen LogP contribution in [0.15, 0.2) is 54.6 Å². The van der Waals surface area contributed by atoms with Crippen LogP contribution in [-0.4, -0.2) is 22.0 Å². The van der Waals surface area contributed by atoms with E-state index >= 15 is 0 Å². The molecule has 0 aliphatic heterocycles. The van der Waals surface area contributed by atoms with Gasteiger partial charge in [-0.05, 0) is 23.8 Å². The summed E-state index contributed by atoms with van der Waals surface area (Å²) in [6, 6.07) is 13.4. The Bertz CT molecular complexity index is 1250. The lowest BCUT2D eigenvalue weighted by Crippen LogP contribution is -3.01. The summed E-state index contributed by atoms with van der Waals surface area (Å²) < 4.78 is 0. The van der Waals surface area contributed by atoms with E-state index in [4.69, 9.17) is 10.9 Å². The smallest absolute Gasteiger partial charge is 0.196 e. The predicted molar refractivity (Wildman–Crippen MR) is 111 cm³/mol. The van der Waals surface area contributed by atoms with Gasteiger partial charge in [0, 0.05) is 28.3 Å². The second-order valence-corrected chi connectivity index (χ2v) is 6.94. The molecule has 1 aliphatic carbocycles. The molecular formula is C22H17N3O6. The number of nitrogens with two attached hydrogens (primary N) is 1. The van der Waals surface area contributed by atoms with Crippen molar-refractivity contribution in [1.82, 2.24) is 0 Å². The van der Waals surface area contributed by atoms with Gasteiger partial charge in [0.1, 0.15) is 0 Å². The molecule has 2 atom stereocenters. The van der Waals surface area contributed by atoms with Crippen molar-refractivity contribution in [2.75, 3.05) is 5.73 Å². The number of hydrogen-bond acceptors (Lipinski definition) is 7. The highest BCUT2D eigenvalue weighted by molar-refractivity contribution is 6.30. The molecule has 9 nitrogen and oxygen atoms in total. The van der Waals surface area contributed by atoms with Gasteiger partial charge in [0.25, 0.3) is 0 Å². The van der Waals surface area contributed by atoms with E-state index in [2.05, 4.69) is 0 Å². The third kappa shape index (κ3) is 3.53. The van der Waals surface area contributed by atoms with Gasteiger partial charge in [0.2, 0.25) is 0 Å². The monoisotopic (exact) mass is 419 g/mol. The molecule has 0 radical (unpaired) electrons. The lowest BCUT2D eigenvalue weighted by atomic mass is 9.82. The van der Waals surface area contributed by atoms with Gasteiger partial charge in [0.05, 0.1) is 17.3 Å². The van der Waals surface area contributed by atoms with E-state index in [0.29, 0.717) is 11.1 Å². The fraction of sp³-hybridized carbons (Fsp3) is 0. The highest BCUT2D eigenvalue weighted by Crippen LogP contribution is 2.33. The van der Waals surface area contributed by atoms with Crippen molar-refractivity contribution >= 4 is 40.8 Å². The van der Waals surface area contributed by atoms with Crippen LogP contribution in [0, 0.1) is 10.4 Å². The molecule has 0 amide bonds. The maximum atomic E-state index is 13.0. The molecule has 0 spiro atoms. The standard InChI is InChI=1S/C22H17N3O6/c23-20-13(6-5-12-7-9-14(24(28)29)11-18(12)25(30)31)8-10-17-19(20)22(27)16-4-2-1-3-15(16)21(17)26/h1-11,24-25,28,30H,23H2. The van der Waals surface area contributed by atoms with Crippen molar-refractivity contribution in [2.24, 2.45) is 0 Å². The zero-order chi connectivity index (χ0) is 22.3. The van der Waals surface area contributed by atoms with Gasteiger partial charge < -0.3 is 16.1 Å². The van der Waals surface area contributed by atoms with Crippen LogP contribution < -0.4 is 16.2 Å². The molecule has 1 aliphatic rings. The normalized spacial score (nSPS) is 15.0. The largest absolute Gasteiger partial charge is 0.595 e. The Morgan fingerprint density at radius 2 is 1.39 bits per heavy atom. The molecular weight excluding hydrogens is 402 g/mol. The Kier molecular flexibility index (Phi) is 5.21. The summed E-state index contributed by atoms with van der Waals surface area (Å²) >= 11 is 0. The van der Waals surface area contributed by atoms with Gasteiger partial charge in [-0.15, -0.1) is 0 Å². The Labute approximate surface area is 175 Å². The van der Waals surface area contributed by atoms with Crippen molar-refractivity contribution in [3.8, 4) is 0 Å². The number of carbonyl (C=O) groups excluding carboxylic acids is 2. The van der Waals surface area contributed by atoms with Crippen LogP contribution in [0.5, 0.6) is 0 Å². The highest BCUT2D eigenvalue weighted by atomic mass is 16.8.